The van der Waals surface area contributed by atoms with Crippen LogP contribution in [0.5, 0.6) is 5.75 Å². The van der Waals surface area contributed by atoms with Crippen LogP contribution in [0.4, 0.5) is 5.69 Å². The van der Waals surface area contributed by atoms with E-state index in [4.69, 9.17) is 4.74 Å². The number of hydrogen-bond acceptors (Lipinski definition) is 4. The molecule has 1 aromatic heterocycles. The molecule has 1 heterocycles. The third-order valence-corrected chi connectivity index (χ3v) is 4.78. The predicted molar refractivity (Wildman–Crippen MR) is 101 cm³/mol. The van der Waals surface area contributed by atoms with Gasteiger partial charge < -0.3 is 10.1 Å². The molecule has 0 saturated heterocycles. The Morgan fingerprint density at radius 1 is 1.00 bits per heavy atom. The van der Waals surface area contributed by atoms with E-state index in [1.54, 1.807) is 13.3 Å². The van der Waals surface area contributed by atoms with Crippen LogP contribution in [-0.4, -0.2) is 18.0 Å². The Kier molecular flexibility index (Phi) is 5.69. The average Bonchev–Trinajstić information content (AvgIpc) is 2.68. The van der Waals surface area contributed by atoms with Gasteiger partial charge in [-0.1, -0.05) is 48.2 Å². The van der Waals surface area contributed by atoms with Crippen molar-refractivity contribution in [3.63, 3.8) is 0 Å². The lowest BCUT2D eigenvalue weighted by molar-refractivity contribution is -0.115. The van der Waals surface area contributed by atoms with Crippen LogP contribution >= 0.6 is 11.8 Å². The van der Waals surface area contributed by atoms with Crippen molar-refractivity contribution in [3.8, 4) is 5.75 Å². The molecule has 3 rings (SSSR count). The molecule has 3 aromatic rings. The maximum Gasteiger partial charge on any atom is 0.242 e. The summed E-state index contributed by atoms with van der Waals surface area (Å²) in [5, 5.41) is 3.39. The lowest BCUT2D eigenvalue weighted by Crippen LogP contribution is -2.19. The molecular formula is C20H18N2O2S. The van der Waals surface area contributed by atoms with Gasteiger partial charge in [-0.2, -0.15) is 0 Å². The van der Waals surface area contributed by atoms with E-state index in [2.05, 4.69) is 10.3 Å². The van der Waals surface area contributed by atoms with E-state index >= 15 is 0 Å². The number of methoxy groups -OCH3 is 1. The van der Waals surface area contributed by atoms with Crippen LogP contribution in [-0.2, 0) is 4.79 Å². The topological polar surface area (TPSA) is 51.2 Å². The number of aromatic nitrogens is 1. The lowest BCUT2D eigenvalue weighted by Gasteiger charge is -2.16. The Labute approximate surface area is 151 Å². The van der Waals surface area contributed by atoms with Crippen LogP contribution in [0.1, 0.15) is 10.8 Å². The van der Waals surface area contributed by atoms with E-state index in [-0.39, 0.29) is 5.91 Å². The molecule has 0 saturated carbocycles. The maximum absolute atomic E-state index is 12.9. The van der Waals surface area contributed by atoms with Gasteiger partial charge in [-0.3, -0.25) is 4.79 Å². The number of amides is 1. The number of thioether (sulfide) groups is 1. The SMILES string of the molecule is COc1ccc(NC(=O)[C@H](Sc2ccccn2)c2ccccc2)cc1. The van der Waals surface area contributed by atoms with E-state index in [0.717, 1.165) is 22.0 Å². The van der Waals surface area contributed by atoms with Gasteiger partial charge in [0.2, 0.25) is 5.91 Å². The summed E-state index contributed by atoms with van der Waals surface area (Å²) in [6.07, 6.45) is 1.73. The van der Waals surface area contributed by atoms with Crippen LogP contribution < -0.4 is 10.1 Å². The number of rotatable bonds is 6. The minimum absolute atomic E-state index is 0.0907. The first-order valence-corrected chi connectivity index (χ1v) is 8.72. The minimum atomic E-state index is -0.391. The Bertz CT molecular complexity index is 808. The van der Waals surface area contributed by atoms with Crippen molar-refractivity contribution in [3.05, 3.63) is 84.6 Å². The van der Waals surface area contributed by atoms with E-state index in [1.165, 1.54) is 11.8 Å². The van der Waals surface area contributed by atoms with Gasteiger partial charge in [0.25, 0.3) is 0 Å². The monoisotopic (exact) mass is 350 g/mol. The van der Waals surface area contributed by atoms with Crippen LogP contribution in [0.15, 0.2) is 84.0 Å². The highest BCUT2D eigenvalue weighted by Crippen LogP contribution is 2.35. The molecule has 126 valence electrons. The van der Waals surface area contributed by atoms with Gasteiger partial charge in [0.15, 0.2) is 0 Å². The molecule has 0 spiro atoms. The largest absolute Gasteiger partial charge is 0.497 e. The fraction of sp³-hybridized carbons (Fsp3) is 0.100. The number of benzene rings is 2. The van der Waals surface area contributed by atoms with Crippen LogP contribution in [0, 0.1) is 0 Å². The highest BCUT2D eigenvalue weighted by atomic mass is 32.2. The number of anilines is 1. The molecule has 1 N–H and O–H groups in total. The van der Waals surface area contributed by atoms with Crippen molar-refractivity contribution < 1.29 is 9.53 Å². The van der Waals surface area contributed by atoms with Crippen LogP contribution in [0.2, 0.25) is 0 Å². The fourth-order valence-electron chi connectivity index (χ4n) is 2.32. The molecule has 25 heavy (non-hydrogen) atoms. The fourth-order valence-corrected chi connectivity index (χ4v) is 3.30. The zero-order valence-corrected chi connectivity index (χ0v) is 14.6. The highest BCUT2D eigenvalue weighted by molar-refractivity contribution is 8.00. The molecule has 0 aliphatic rings. The van der Waals surface area contributed by atoms with Crippen LogP contribution in [0.25, 0.3) is 0 Å². The molecule has 0 fully saturated rings. The van der Waals surface area contributed by atoms with Crippen LogP contribution in [0.3, 0.4) is 0 Å². The van der Waals surface area contributed by atoms with Crippen molar-refractivity contribution in [2.75, 3.05) is 12.4 Å². The second-order valence-corrected chi connectivity index (χ2v) is 6.42. The summed E-state index contributed by atoms with van der Waals surface area (Å²) in [7, 11) is 1.61. The molecular weight excluding hydrogens is 332 g/mol. The summed E-state index contributed by atoms with van der Waals surface area (Å²) in [5.41, 5.74) is 1.66. The summed E-state index contributed by atoms with van der Waals surface area (Å²) < 4.78 is 5.14. The van der Waals surface area contributed by atoms with Crippen molar-refractivity contribution in [1.29, 1.82) is 0 Å². The van der Waals surface area contributed by atoms with Gasteiger partial charge in [-0.15, -0.1) is 0 Å². The molecule has 2 aromatic carbocycles. The van der Waals surface area contributed by atoms with Gasteiger partial charge in [0, 0.05) is 11.9 Å². The number of carbonyl (C=O) groups is 1. The van der Waals surface area contributed by atoms with Gasteiger partial charge in [0.1, 0.15) is 11.0 Å². The van der Waals surface area contributed by atoms with Crippen molar-refractivity contribution in [2.24, 2.45) is 0 Å². The number of carbonyl (C=O) groups excluding carboxylic acids is 1. The molecule has 4 nitrogen and oxygen atoms in total. The van der Waals surface area contributed by atoms with Gasteiger partial charge in [0.05, 0.1) is 12.1 Å². The summed E-state index contributed by atoms with van der Waals surface area (Å²) in [6, 6.07) is 22.7. The number of hydrogen-bond donors (Lipinski definition) is 1. The predicted octanol–water partition coefficient (Wildman–Crippen LogP) is 4.56. The second kappa shape index (κ2) is 8.35. The van der Waals surface area contributed by atoms with Gasteiger partial charge in [-0.05, 0) is 42.0 Å². The third kappa shape index (κ3) is 4.61. The Balaban J connectivity index is 1.81. The molecule has 0 aliphatic heterocycles. The normalized spacial score (nSPS) is 11.6. The standard InChI is InChI=1S/C20H18N2O2S/c1-24-17-12-10-16(11-13-17)22-20(23)19(15-7-3-2-4-8-15)25-18-9-5-6-14-21-18/h2-14,19H,1H3,(H,22,23)/t19-/m1/s1. The molecule has 0 aliphatic carbocycles. The summed E-state index contributed by atoms with van der Waals surface area (Å²) in [6.45, 7) is 0. The van der Waals surface area contributed by atoms with Gasteiger partial charge in [-0.25, -0.2) is 4.98 Å². The maximum atomic E-state index is 12.9. The highest BCUT2D eigenvalue weighted by Gasteiger charge is 2.22. The number of pyridine rings is 1. The smallest absolute Gasteiger partial charge is 0.242 e. The first-order valence-electron chi connectivity index (χ1n) is 7.84. The Morgan fingerprint density at radius 3 is 2.36 bits per heavy atom. The van der Waals surface area contributed by atoms with E-state index in [1.807, 2.05) is 72.8 Å². The molecule has 0 unspecified atom stereocenters. The van der Waals surface area contributed by atoms with Crippen molar-refractivity contribution in [2.45, 2.75) is 10.3 Å². The zero-order valence-electron chi connectivity index (χ0n) is 13.8. The van der Waals surface area contributed by atoms with E-state index in [9.17, 15) is 4.79 Å². The van der Waals surface area contributed by atoms with E-state index in [0.29, 0.717) is 0 Å². The first-order chi connectivity index (χ1) is 12.3. The summed E-state index contributed by atoms with van der Waals surface area (Å²) in [5.74, 6) is 0.660. The molecule has 1 atom stereocenters. The number of nitrogens with one attached hydrogen (secondary N) is 1. The Hall–Kier alpha value is -2.79. The van der Waals surface area contributed by atoms with Crippen molar-refractivity contribution >= 4 is 23.4 Å². The number of nitrogens with zero attached hydrogens (tertiary/aromatic N) is 1. The number of ether oxygens (including phenoxy) is 1. The molecule has 0 radical (unpaired) electrons. The first kappa shape index (κ1) is 17.0. The van der Waals surface area contributed by atoms with Gasteiger partial charge >= 0.3 is 0 Å². The minimum Gasteiger partial charge on any atom is -0.497 e. The summed E-state index contributed by atoms with van der Waals surface area (Å²) >= 11 is 1.43. The molecule has 0 bridgehead atoms. The second-order valence-electron chi connectivity index (χ2n) is 5.29. The zero-order chi connectivity index (χ0) is 17.5. The molecule has 1 amide bonds. The quantitative estimate of drug-likeness (QED) is 0.662. The third-order valence-electron chi connectivity index (χ3n) is 3.57. The average molecular weight is 350 g/mol. The Morgan fingerprint density at radius 2 is 1.72 bits per heavy atom. The van der Waals surface area contributed by atoms with E-state index < -0.39 is 5.25 Å². The summed E-state index contributed by atoms with van der Waals surface area (Å²) in [4.78, 5) is 17.2. The molecule has 5 heteroatoms. The van der Waals surface area contributed by atoms with Crippen molar-refractivity contribution in [1.82, 2.24) is 4.98 Å². The lowest BCUT2D eigenvalue weighted by atomic mass is 10.1.